The van der Waals surface area contributed by atoms with Gasteiger partial charge in [0.05, 0.1) is 5.02 Å². The molecule has 30 heavy (non-hydrogen) atoms. The number of hydrogen-bond acceptors (Lipinski definition) is 5. The molecule has 4 N–H and O–H groups in total. The number of carbonyl (C=O) groups is 2. The number of pyridine rings is 1. The fourth-order valence-corrected chi connectivity index (χ4v) is 3.49. The van der Waals surface area contributed by atoms with Gasteiger partial charge in [0.15, 0.2) is 0 Å². The molecule has 1 aliphatic carbocycles. The van der Waals surface area contributed by atoms with Crippen LogP contribution in [0.15, 0.2) is 42.6 Å². The Kier molecular flexibility index (Phi) is 9.11. The van der Waals surface area contributed by atoms with Gasteiger partial charge in [0, 0.05) is 29.6 Å². The van der Waals surface area contributed by atoms with Gasteiger partial charge in [0.2, 0.25) is 5.91 Å². The molecule has 7 nitrogen and oxygen atoms in total. The van der Waals surface area contributed by atoms with E-state index in [2.05, 4.69) is 15.6 Å². The van der Waals surface area contributed by atoms with Crippen molar-refractivity contribution in [1.82, 2.24) is 10.5 Å². The first-order valence-corrected chi connectivity index (χ1v) is 9.88. The Balaban J connectivity index is 0.00000320. The zero-order chi connectivity index (χ0) is 20.6. The number of benzene rings is 1. The summed E-state index contributed by atoms with van der Waals surface area (Å²) in [5, 5.41) is 15.0. The van der Waals surface area contributed by atoms with Gasteiger partial charge in [-0.2, -0.15) is 0 Å². The van der Waals surface area contributed by atoms with Crippen molar-refractivity contribution in [2.24, 2.45) is 5.92 Å². The summed E-state index contributed by atoms with van der Waals surface area (Å²) in [4.78, 5) is 27.8. The second-order valence-corrected chi connectivity index (χ2v) is 7.35. The lowest BCUT2D eigenvalue weighted by molar-refractivity contribution is -0.124. The zero-order valence-electron chi connectivity index (χ0n) is 16.2. The van der Waals surface area contributed by atoms with E-state index in [1.165, 1.54) is 24.1 Å². The summed E-state index contributed by atoms with van der Waals surface area (Å²) in [5.74, 6) is -0.0346. The van der Waals surface area contributed by atoms with Crippen LogP contribution in [0.25, 0.3) is 6.08 Å². The smallest absolute Gasteiger partial charge is 0.267 e. The van der Waals surface area contributed by atoms with Gasteiger partial charge in [-0.05, 0) is 48.7 Å². The van der Waals surface area contributed by atoms with Gasteiger partial charge < -0.3 is 10.6 Å². The molecule has 1 aromatic heterocycles. The van der Waals surface area contributed by atoms with Crippen molar-refractivity contribution in [3.05, 3.63) is 53.2 Å². The second-order valence-electron chi connectivity index (χ2n) is 6.94. The fraction of sp³-hybridized carbons (Fsp3) is 0.286. The van der Waals surface area contributed by atoms with E-state index in [1.54, 1.807) is 12.3 Å². The summed E-state index contributed by atoms with van der Waals surface area (Å²) in [7, 11) is 0. The number of nitrogens with one attached hydrogen (secondary N) is 3. The first-order chi connectivity index (χ1) is 14.0. The van der Waals surface area contributed by atoms with E-state index >= 15 is 0 Å². The highest BCUT2D eigenvalue weighted by Crippen LogP contribution is 2.28. The van der Waals surface area contributed by atoms with Gasteiger partial charge in [-0.15, -0.1) is 12.4 Å². The molecule has 1 aliphatic rings. The third kappa shape index (κ3) is 6.73. The van der Waals surface area contributed by atoms with Crippen molar-refractivity contribution >= 4 is 59.1 Å². The maximum Gasteiger partial charge on any atom is 0.267 e. The van der Waals surface area contributed by atoms with E-state index in [0.717, 1.165) is 37.1 Å². The number of aromatic nitrogens is 1. The van der Waals surface area contributed by atoms with Crippen LogP contribution in [0.4, 0.5) is 17.2 Å². The number of rotatable bonds is 6. The molecule has 2 aromatic rings. The normalized spacial score (nSPS) is 14.1. The summed E-state index contributed by atoms with van der Waals surface area (Å²) in [6.45, 7) is 0. The van der Waals surface area contributed by atoms with Gasteiger partial charge in [-0.25, -0.2) is 10.5 Å². The van der Waals surface area contributed by atoms with E-state index in [-0.39, 0.29) is 24.2 Å². The number of amides is 2. The molecule has 0 atom stereocenters. The molecule has 0 spiro atoms. The van der Waals surface area contributed by atoms with Crippen LogP contribution in [-0.2, 0) is 9.59 Å². The molecule has 0 unspecified atom stereocenters. The molecule has 0 saturated heterocycles. The van der Waals surface area contributed by atoms with E-state index in [4.69, 9.17) is 16.8 Å². The number of halogens is 2. The van der Waals surface area contributed by atoms with Crippen LogP contribution in [0.5, 0.6) is 0 Å². The monoisotopic (exact) mass is 450 g/mol. The van der Waals surface area contributed by atoms with E-state index in [9.17, 15) is 9.59 Å². The molecule has 9 heteroatoms. The van der Waals surface area contributed by atoms with Crippen LogP contribution in [0.1, 0.15) is 37.7 Å². The molecule has 2 amide bonds. The van der Waals surface area contributed by atoms with Crippen molar-refractivity contribution in [3.8, 4) is 0 Å². The van der Waals surface area contributed by atoms with Crippen molar-refractivity contribution in [3.63, 3.8) is 0 Å². The second kappa shape index (κ2) is 11.5. The highest BCUT2D eigenvalue weighted by molar-refractivity contribution is 6.33. The fourth-order valence-electron chi connectivity index (χ4n) is 3.27. The predicted molar refractivity (Wildman–Crippen MR) is 120 cm³/mol. The Morgan fingerprint density at radius 3 is 2.57 bits per heavy atom. The maximum atomic E-state index is 12.4. The minimum absolute atomic E-state index is 0. The maximum absolute atomic E-state index is 12.4. The Morgan fingerprint density at radius 2 is 1.87 bits per heavy atom. The van der Waals surface area contributed by atoms with Gasteiger partial charge >= 0.3 is 0 Å². The molecule has 1 fully saturated rings. The lowest BCUT2D eigenvalue weighted by atomic mass is 9.88. The summed E-state index contributed by atoms with van der Waals surface area (Å²) >= 11 is 6.28. The van der Waals surface area contributed by atoms with Crippen molar-refractivity contribution in [1.29, 1.82) is 0 Å². The first kappa shape index (κ1) is 23.7. The molecule has 160 valence electrons. The summed E-state index contributed by atoms with van der Waals surface area (Å²) in [6.07, 6.45) is 9.52. The molecule has 1 heterocycles. The lowest BCUT2D eigenvalue weighted by Gasteiger charge is -2.21. The number of hydroxylamine groups is 1. The Labute approximate surface area is 186 Å². The molecular weight excluding hydrogens is 427 g/mol. The standard InChI is InChI=1S/C21H23ClN4O3.ClH/c22-18-11-14(9-10-19(27)26-29)13-23-20(18)24-16-7-4-8-17(12-16)25-21(28)15-5-2-1-3-6-15;/h4,7-13,15,29H,1-3,5-6H2,(H,23,24)(H,25,28)(H,26,27);1H. The minimum atomic E-state index is -0.643. The minimum Gasteiger partial charge on any atom is -0.339 e. The highest BCUT2D eigenvalue weighted by Gasteiger charge is 2.21. The highest BCUT2D eigenvalue weighted by atomic mass is 35.5. The quantitative estimate of drug-likeness (QED) is 0.283. The molecule has 0 radical (unpaired) electrons. The van der Waals surface area contributed by atoms with Gasteiger partial charge in [0.25, 0.3) is 5.91 Å². The molecule has 3 rings (SSSR count). The topological polar surface area (TPSA) is 103 Å². The number of carbonyl (C=O) groups excluding carboxylic acids is 2. The van der Waals surface area contributed by atoms with Gasteiger partial charge in [-0.3, -0.25) is 14.8 Å². The SMILES string of the molecule is Cl.O=C(C=Cc1cnc(Nc2cccc(NC(=O)C3CCCCC3)c2)c(Cl)c1)NO. The lowest BCUT2D eigenvalue weighted by Crippen LogP contribution is -2.24. The van der Waals surface area contributed by atoms with E-state index in [0.29, 0.717) is 16.4 Å². The Bertz CT molecular complexity index is 915. The van der Waals surface area contributed by atoms with E-state index in [1.807, 2.05) is 24.3 Å². The summed E-state index contributed by atoms with van der Waals surface area (Å²) < 4.78 is 0. The third-order valence-electron chi connectivity index (χ3n) is 4.77. The number of nitrogens with zero attached hydrogens (tertiary/aromatic N) is 1. The van der Waals surface area contributed by atoms with Crippen LogP contribution < -0.4 is 16.1 Å². The largest absolute Gasteiger partial charge is 0.339 e. The van der Waals surface area contributed by atoms with Crippen LogP contribution in [0, 0.1) is 5.92 Å². The molecule has 1 aromatic carbocycles. The molecule has 1 saturated carbocycles. The Morgan fingerprint density at radius 1 is 1.13 bits per heavy atom. The average Bonchev–Trinajstić information content (AvgIpc) is 2.74. The number of hydrogen-bond donors (Lipinski definition) is 4. The summed E-state index contributed by atoms with van der Waals surface area (Å²) in [5.41, 5.74) is 3.58. The van der Waals surface area contributed by atoms with Crippen LogP contribution in [-0.4, -0.2) is 22.0 Å². The van der Waals surface area contributed by atoms with Crippen molar-refractivity contribution < 1.29 is 14.8 Å². The van der Waals surface area contributed by atoms with Gasteiger partial charge in [0.1, 0.15) is 5.82 Å². The van der Waals surface area contributed by atoms with Gasteiger partial charge in [-0.1, -0.05) is 36.9 Å². The predicted octanol–water partition coefficient (Wildman–Crippen LogP) is 4.94. The average molecular weight is 451 g/mol. The third-order valence-corrected chi connectivity index (χ3v) is 5.06. The zero-order valence-corrected chi connectivity index (χ0v) is 17.8. The first-order valence-electron chi connectivity index (χ1n) is 9.51. The van der Waals surface area contributed by atoms with Crippen molar-refractivity contribution in [2.45, 2.75) is 32.1 Å². The molecular formula is C21H24Cl2N4O3. The van der Waals surface area contributed by atoms with Crippen LogP contribution in [0.2, 0.25) is 5.02 Å². The van der Waals surface area contributed by atoms with Crippen LogP contribution >= 0.6 is 24.0 Å². The van der Waals surface area contributed by atoms with Crippen LogP contribution in [0.3, 0.4) is 0 Å². The van der Waals surface area contributed by atoms with Crippen molar-refractivity contribution in [2.75, 3.05) is 10.6 Å². The number of anilines is 3. The van der Waals surface area contributed by atoms with E-state index < -0.39 is 5.91 Å². The molecule has 0 aliphatic heterocycles. The molecule has 0 bridgehead atoms. The Hall–Kier alpha value is -2.61. The summed E-state index contributed by atoms with van der Waals surface area (Å²) in [6, 6.07) is 9.02.